The molecule has 0 aliphatic rings. The van der Waals surface area contributed by atoms with Crippen LogP contribution in [0.3, 0.4) is 0 Å². The summed E-state index contributed by atoms with van der Waals surface area (Å²) in [5.74, 6) is 0.307. The van der Waals surface area contributed by atoms with E-state index in [4.69, 9.17) is 27.9 Å². The van der Waals surface area contributed by atoms with Gasteiger partial charge in [-0.3, -0.25) is 4.79 Å². The first-order chi connectivity index (χ1) is 9.61. The molecule has 0 aliphatic carbocycles. The van der Waals surface area contributed by atoms with Gasteiger partial charge in [0.1, 0.15) is 10.8 Å². The molecular weight excluding hydrogens is 315 g/mol. The van der Waals surface area contributed by atoms with Gasteiger partial charge in [0.15, 0.2) is 12.4 Å². The van der Waals surface area contributed by atoms with Crippen LogP contribution in [0.1, 0.15) is 10.4 Å². The van der Waals surface area contributed by atoms with Crippen molar-refractivity contribution >= 4 is 40.7 Å². The molecule has 0 radical (unpaired) electrons. The van der Waals surface area contributed by atoms with E-state index in [-0.39, 0.29) is 12.4 Å². The van der Waals surface area contributed by atoms with Crippen molar-refractivity contribution in [1.82, 2.24) is 0 Å². The fourth-order valence-corrected chi connectivity index (χ4v) is 2.35. The van der Waals surface area contributed by atoms with Crippen LogP contribution in [-0.4, -0.2) is 18.6 Å². The lowest BCUT2D eigenvalue weighted by molar-refractivity contribution is 0.0921. The fraction of sp³-hybridized carbons (Fsp3) is 0.133. The molecule has 0 heterocycles. The predicted octanol–water partition coefficient (Wildman–Crippen LogP) is 4.98. The largest absolute Gasteiger partial charge is 0.484 e. The van der Waals surface area contributed by atoms with E-state index in [1.807, 2.05) is 18.4 Å². The normalized spacial score (nSPS) is 10.3. The minimum atomic E-state index is -0.103. The third-order valence-electron chi connectivity index (χ3n) is 2.69. The van der Waals surface area contributed by atoms with Crippen molar-refractivity contribution < 1.29 is 9.53 Å². The van der Waals surface area contributed by atoms with Crippen LogP contribution in [0.25, 0.3) is 0 Å². The molecule has 0 fully saturated rings. The van der Waals surface area contributed by atoms with E-state index in [0.717, 1.165) is 4.90 Å². The number of hydrogen-bond donors (Lipinski definition) is 0. The number of ether oxygens (including phenoxy) is 1. The van der Waals surface area contributed by atoms with Gasteiger partial charge in [-0.2, -0.15) is 0 Å². The van der Waals surface area contributed by atoms with E-state index in [2.05, 4.69) is 0 Å². The second kappa shape index (κ2) is 7.02. The molecule has 104 valence electrons. The van der Waals surface area contributed by atoms with Crippen molar-refractivity contribution in [1.29, 1.82) is 0 Å². The van der Waals surface area contributed by atoms with Gasteiger partial charge >= 0.3 is 0 Å². The van der Waals surface area contributed by atoms with Gasteiger partial charge in [-0.25, -0.2) is 0 Å². The first kappa shape index (κ1) is 15.2. The van der Waals surface area contributed by atoms with E-state index in [1.54, 1.807) is 42.1 Å². The Morgan fingerprint density at radius 3 is 2.50 bits per heavy atom. The summed E-state index contributed by atoms with van der Waals surface area (Å²) in [6, 6.07) is 12.5. The molecule has 0 aliphatic heterocycles. The lowest BCUT2D eigenvalue weighted by Gasteiger charge is -2.08. The molecule has 2 rings (SSSR count). The van der Waals surface area contributed by atoms with E-state index < -0.39 is 0 Å². The Kier molecular flexibility index (Phi) is 5.35. The second-order valence-corrected chi connectivity index (χ2v) is 5.66. The summed E-state index contributed by atoms with van der Waals surface area (Å²) in [7, 11) is 0. The number of halogens is 2. The summed E-state index contributed by atoms with van der Waals surface area (Å²) in [5.41, 5.74) is 0.612. The van der Waals surface area contributed by atoms with Crippen LogP contribution >= 0.6 is 35.0 Å². The molecule has 20 heavy (non-hydrogen) atoms. The Morgan fingerprint density at radius 1 is 1.15 bits per heavy atom. The topological polar surface area (TPSA) is 26.3 Å². The van der Waals surface area contributed by atoms with Crippen LogP contribution in [0.5, 0.6) is 5.75 Å². The van der Waals surface area contributed by atoms with Gasteiger partial charge in [0.2, 0.25) is 0 Å². The molecule has 5 heteroatoms. The highest BCUT2D eigenvalue weighted by atomic mass is 35.5. The van der Waals surface area contributed by atoms with Crippen molar-refractivity contribution in [3.05, 3.63) is 58.1 Å². The number of thioether (sulfide) groups is 1. The van der Waals surface area contributed by atoms with Gasteiger partial charge in [-0.15, -0.1) is 11.8 Å². The Morgan fingerprint density at radius 2 is 1.85 bits per heavy atom. The SMILES string of the molecule is CSc1ccc(C(=O)COc2cccc(Cl)c2Cl)cc1. The first-order valence-electron chi connectivity index (χ1n) is 5.86. The Bertz CT molecular complexity index is 612. The van der Waals surface area contributed by atoms with Gasteiger partial charge in [0.25, 0.3) is 0 Å². The van der Waals surface area contributed by atoms with Crippen LogP contribution in [0.15, 0.2) is 47.4 Å². The van der Waals surface area contributed by atoms with Crippen molar-refractivity contribution in [3.8, 4) is 5.75 Å². The minimum absolute atomic E-state index is 0.0708. The Hall–Kier alpha value is -1.16. The zero-order valence-corrected chi connectivity index (χ0v) is 13.1. The van der Waals surface area contributed by atoms with Crippen molar-refractivity contribution in [2.45, 2.75) is 4.90 Å². The molecule has 0 saturated heterocycles. The maximum Gasteiger partial charge on any atom is 0.200 e. The Balaban J connectivity index is 2.02. The molecule has 0 aromatic heterocycles. The molecule has 0 amide bonds. The molecular formula is C15H12Cl2O2S. The molecule has 2 nitrogen and oxygen atoms in total. The van der Waals surface area contributed by atoms with Crippen molar-refractivity contribution in [2.24, 2.45) is 0 Å². The van der Waals surface area contributed by atoms with Gasteiger partial charge in [0, 0.05) is 10.5 Å². The van der Waals surface area contributed by atoms with Crippen molar-refractivity contribution in [3.63, 3.8) is 0 Å². The van der Waals surface area contributed by atoms with Crippen LogP contribution in [0.2, 0.25) is 10.0 Å². The number of rotatable bonds is 5. The standard InChI is InChI=1S/C15H12Cl2O2S/c1-20-11-7-5-10(6-8-11)13(18)9-19-14-4-2-3-12(16)15(14)17/h2-8H,9H2,1H3. The Labute approximate surface area is 132 Å². The summed E-state index contributed by atoms with van der Waals surface area (Å²) in [4.78, 5) is 13.1. The quantitative estimate of drug-likeness (QED) is 0.572. The number of benzene rings is 2. The average molecular weight is 327 g/mol. The van der Waals surface area contributed by atoms with Crippen LogP contribution in [0, 0.1) is 0 Å². The minimum Gasteiger partial charge on any atom is -0.484 e. The number of Topliss-reactive ketones (excluding diaryl/α,β-unsaturated/α-hetero) is 1. The van der Waals surface area contributed by atoms with E-state index in [9.17, 15) is 4.79 Å². The zero-order valence-electron chi connectivity index (χ0n) is 10.7. The highest BCUT2D eigenvalue weighted by Gasteiger charge is 2.10. The lowest BCUT2D eigenvalue weighted by atomic mass is 10.1. The van der Waals surface area contributed by atoms with Gasteiger partial charge in [-0.05, 0) is 30.5 Å². The van der Waals surface area contributed by atoms with Gasteiger partial charge < -0.3 is 4.74 Å². The molecule has 0 saturated carbocycles. The number of hydrogen-bond acceptors (Lipinski definition) is 3. The zero-order chi connectivity index (χ0) is 14.5. The number of ketones is 1. The molecule has 0 spiro atoms. The fourth-order valence-electron chi connectivity index (χ4n) is 1.60. The van der Waals surface area contributed by atoms with Gasteiger partial charge in [0.05, 0.1) is 5.02 Å². The first-order valence-corrected chi connectivity index (χ1v) is 7.84. The van der Waals surface area contributed by atoms with E-state index in [0.29, 0.717) is 21.4 Å². The smallest absolute Gasteiger partial charge is 0.200 e. The summed E-state index contributed by atoms with van der Waals surface area (Å²) in [6.07, 6.45) is 1.99. The highest BCUT2D eigenvalue weighted by Crippen LogP contribution is 2.31. The highest BCUT2D eigenvalue weighted by molar-refractivity contribution is 7.98. The lowest BCUT2D eigenvalue weighted by Crippen LogP contribution is -2.11. The maximum absolute atomic E-state index is 12.0. The molecule has 2 aromatic rings. The van der Waals surface area contributed by atoms with E-state index in [1.165, 1.54) is 0 Å². The van der Waals surface area contributed by atoms with Crippen LogP contribution in [0.4, 0.5) is 0 Å². The number of carbonyl (C=O) groups excluding carboxylic acids is 1. The molecule has 0 N–H and O–H groups in total. The van der Waals surface area contributed by atoms with Gasteiger partial charge in [-0.1, -0.05) is 41.4 Å². The van der Waals surface area contributed by atoms with Crippen LogP contribution < -0.4 is 4.74 Å². The third kappa shape index (κ3) is 3.69. The molecule has 2 aromatic carbocycles. The summed E-state index contributed by atoms with van der Waals surface area (Å²) < 4.78 is 5.42. The monoisotopic (exact) mass is 326 g/mol. The van der Waals surface area contributed by atoms with Crippen molar-refractivity contribution in [2.75, 3.05) is 12.9 Å². The third-order valence-corrected chi connectivity index (χ3v) is 4.23. The summed E-state index contributed by atoms with van der Waals surface area (Å²) in [5, 5.41) is 0.723. The summed E-state index contributed by atoms with van der Waals surface area (Å²) >= 11 is 13.5. The number of carbonyl (C=O) groups is 1. The molecule has 0 atom stereocenters. The predicted molar refractivity (Wildman–Crippen MR) is 84.5 cm³/mol. The maximum atomic E-state index is 12.0. The second-order valence-electron chi connectivity index (χ2n) is 3.99. The molecule has 0 unspecified atom stereocenters. The summed E-state index contributed by atoms with van der Waals surface area (Å²) in [6.45, 7) is -0.0708. The van der Waals surface area contributed by atoms with Crippen LogP contribution in [-0.2, 0) is 0 Å². The molecule has 0 bridgehead atoms. The average Bonchev–Trinajstić information content (AvgIpc) is 2.48. The van der Waals surface area contributed by atoms with E-state index >= 15 is 0 Å².